The normalized spacial score (nSPS) is 16.0. The highest BCUT2D eigenvalue weighted by Gasteiger charge is 2.36. The second-order valence-electron chi connectivity index (χ2n) is 8.58. The van der Waals surface area contributed by atoms with Crippen molar-refractivity contribution >= 4 is 18.6 Å². The van der Waals surface area contributed by atoms with E-state index in [2.05, 4.69) is 92.5 Å². The summed E-state index contributed by atoms with van der Waals surface area (Å²) >= 11 is 0. The van der Waals surface area contributed by atoms with Crippen molar-refractivity contribution in [2.45, 2.75) is 13.0 Å². The number of nitrogens with zero attached hydrogens (tertiary/aromatic N) is 1. The summed E-state index contributed by atoms with van der Waals surface area (Å²) in [5.41, 5.74) is 15.0. The van der Waals surface area contributed by atoms with E-state index in [4.69, 9.17) is 5.73 Å². The number of hydrogen-bond donors (Lipinski definition) is 1. The van der Waals surface area contributed by atoms with E-state index in [1.54, 1.807) is 0 Å². The fourth-order valence-corrected chi connectivity index (χ4v) is 5.31. The average molecular weight is 375 g/mol. The molecule has 1 heterocycles. The molecule has 0 aliphatic carbocycles. The van der Waals surface area contributed by atoms with Crippen molar-refractivity contribution in [2.24, 2.45) is 0 Å². The number of aryl methyl sites for hydroxylation is 1. The summed E-state index contributed by atoms with van der Waals surface area (Å²) in [6.07, 6.45) is 1.08. The van der Waals surface area contributed by atoms with Crippen LogP contribution in [-0.2, 0) is 0 Å². The van der Waals surface area contributed by atoms with Crippen LogP contribution in [0.5, 0.6) is 0 Å². The van der Waals surface area contributed by atoms with E-state index < -0.39 is 7.26 Å². The maximum absolute atomic E-state index is 6.23. The van der Waals surface area contributed by atoms with Gasteiger partial charge in [-0.05, 0) is 47.4 Å². The number of nitrogen functional groups attached to an aromatic ring is 1. The number of benzene rings is 3. The van der Waals surface area contributed by atoms with E-state index in [1.165, 1.54) is 33.5 Å². The lowest BCUT2D eigenvalue weighted by molar-refractivity contribution is 0.757. The molecule has 1 aliphatic rings. The number of fused-ring (bicyclic) bond motifs is 3. The Balaban J connectivity index is 2.01. The molecule has 0 spiro atoms. The molecule has 3 heteroatoms. The van der Waals surface area contributed by atoms with Crippen LogP contribution in [0, 0.1) is 6.92 Å². The summed E-state index contributed by atoms with van der Waals surface area (Å²) in [6, 6.07) is 24.3. The summed E-state index contributed by atoms with van der Waals surface area (Å²) in [7, 11) is -1.04. The van der Waals surface area contributed by atoms with E-state index in [0.717, 1.165) is 12.0 Å². The third-order valence-electron chi connectivity index (χ3n) is 5.13. The zero-order chi connectivity index (χ0) is 19.2. The third kappa shape index (κ3) is 3.47. The average Bonchev–Trinajstić information content (AvgIpc) is 2.61. The third-order valence-corrected chi connectivity index (χ3v) is 6.28. The van der Waals surface area contributed by atoms with Gasteiger partial charge < -0.3 is 10.6 Å². The first-order valence-electron chi connectivity index (χ1n) is 9.46. The summed E-state index contributed by atoms with van der Waals surface area (Å²) in [5.74, 6) is 0. The van der Waals surface area contributed by atoms with Crippen LogP contribution in [0.3, 0.4) is 0 Å². The largest absolute Gasteiger partial charge is 0.399 e. The molecule has 3 aromatic carbocycles. The molecular weight excluding hydrogens is 347 g/mol. The quantitative estimate of drug-likeness (QED) is 0.448. The van der Waals surface area contributed by atoms with E-state index in [9.17, 15) is 0 Å². The van der Waals surface area contributed by atoms with Gasteiger partial charge in [0.2, 0.25) is 0 Å². The van der Waals surface area contributed by atoms with Gasteiger partial charge in [0.05, 0.1) is 26.0 Å². The lowest BCUT2D eigenvalue weighted by Crippen LogP contribution is -2.34. The number of nitrogens with two attached hydrogens (primary N) is 1. The minimum Gasteiger partial charge on any atom is -0.399 e. The number of rotatable bonds is 3. The van der Waals surface area contributed by atoms with Crippen molar-refractivity contribution in [3.8, 4) is 11.1 Å². The molecule has 2 N–H and O–H groups in total. The Kier molecular flexibility index (Phi) is 4.48. The fourth-order valence-electron chi connectivity index (χ4n) is 4.08. The molecule has 0 fully saturated rings. The highest BCUT2D eigenvalue weighted by atomic mass is 31.2. The highest BCUT2D eigenvalue weighted by Crippen LogP contribution is 2.54. The second-order valence-corrected chi connectivity index (χ2v) is 13.4. The van der Waals surface area contributed by atoms with E-state index >= 15 is 0 Å². The fraction of sp³-hybridized carbons (Fsp3) is 0.250. The molecule has 4 rings (SSSR count). The topological polar surface area (TPSA) is 29.3 Å². The second kappa shape index (κ2) is 6.69. The van der Waals surface area contributed by atoms with Gasteiger partial charge in [-0.15, -0.1) is 0 Å². The lowest BCUT2D eigenvalue weighted by Gasteiger charge is -2.41. The molecule has 3 aromatic rings. The highest BCUT2D eigenvalue weighted by molar-refractivity contribution is 7.73. The van der Waals surface area contributed by atoms with Crippen LogP contribution in [0.25, 0.3) is 11.1 Å². The minimum absolute atomic E-state index is 0.193. The van der Waals surface area contributed by atoms with Crippen LogP contribution in [0.1, 0.15) is 22.7 Å². The van der Waals surface area contributed by atoms with Crippen molar-refractivity contribution in [2.75, 3.05) is 36.9 Å². The smallest absolute Gasteiger partial charge is 0.130 e. The Morgan fingerprint density at radius 1 is 0.889 bits per heavy atom. The Morgan fingerprint density at radius 3 is 2.30 bits per heavy atom. The molecule has 0 saturated carbocycles. The number of hydrogen-bond acceptors (Lipinski definition) is 2. The maximum atomic E-state index is 6.23. The van der Waals surface area contributed by atoms with Crippen LogP contribution in [0.4, 0.5) is 11.4 Å². The molecular formula is C24H28N2P+. The van der Waals surface area contributed by atoms with Crippen molar-refractivity contribution in [1.82, 2.24) is 0 Å². The van der Waals surface area contributed by atoms with Gasteiger partial charge in [0.25, 0.3) is 0 Å². The SMILES string of the molecule is Cc1ccc2c(c1)N(C[P+](C)(C)C)C(c1ccccc1)c1cc(N)ccc1-2. The first kappa shape index (κ1) is 18.1. The molecule has 0 radical (unpaired) electrons. The van der Waals surface area contributed by atoms with Crippen LogP contribution >= 0.6 is 7.26 Å². The van der Waals surface area contributed by atoms with Crippen LogP contribution < -0.4 is 10.6 Å². The van der Waals surface area contributed by atoms with Gasteiger partial charge in [-0.3, -0.25) is 0 Å². The summed E-state index contributed by atoms with van der Waals surface area (Å²) in [6.45, 7) is 9.43. The summed E-state index contributed by atoms with van der Waals surface area (Å²) in [4.78, 5) is 2.62. The van der Waals surface area contributed by atoms with E-state index in [-0.39, 0.29) is 6.04 Å². The Hall–Kier alpha value is -2.31. The lowest BCUT2D eigenvalue weighted by atomic mass is 9.84. The Morgan fingerprint density at radius 2 is 1.59 bits per heavy atom. The molecule has 27 heavy (non-hydrogen) atoms. The van der Waals surface area contributed by atoms with Crippen LogP contribution in [0.15, 0.2) is 66.7 Å². The van der Waals surface area contributed by atoms with Gasteiger partial charge in [-0.1, -0.05) is 48.5 Å². The molecule has 1 atom stereocenters. The standard InChI is InChI=1S/C24H28N2P/c1-17-10-12-21-20-13-11-19(25)15-22(20)24(18-8-6-5-7-9-18)26(23(21)14-17)16-27(2,3)4/h5-15,24H,16,25H2,1-4H3/q+1. The molecule has 1 unspecified atom stereocenters. The van der Waals surface area contributed by atoms with Gasteiger partial charge in [-0.25, -0.2) is 0 Å². The van der Waals surface area contributed by atoms with Crippen LogP contribution in [-0.4, -0.2) is 26.3 Å². The van der Waals surface area contributed by atoms with Crippen molar-refractivity contribution in [3.63, 3.8) is 0 Å². The predicted octanol–water partition coefficient (Wildman–Crippen LogP) is 6.02. The number of anilines is 2. The zero-order valence-corrected chi connectivity index (χ0v) is 17.5. The molecule has 2 nitrogen and oxygen atoms in total. The molecule has 0 saturated heterocycles. The van der Waals surface area contributed by atoms with Gasteiger partial charge in [-0.2, -0.15) is 0 Å². The Bertz CT molecular complexity index is 973. The summed E-state index contributed by atoms with van der Waals surface area (Å²) < 4.78 is 0. The molecule has 138 valence electrons. The molecule has 0 amide bonds. The van der Waals surface area contributed by atoms with E-state index in [1.807, 2.05) is 6.07 Å². The molecule has 0 aromatic heterocycles. The maximum Gasteiger partial charge on any atom is 0.130 e. The van der Waals surface area contributed by atoms with Gasteiger partial charge in [0.15, 0.2) is 0 Å². The predicted molar refractivity (Wildman–Crippen MR) is 121 cm³/mol. The first-order chi connectivity index (χ1) is 12.8. The first-order valence-corrected chi connectivity index (χ1v) is 12.8. The van der Waals surface area contributed by atoms with Gasteiger partial charge >= 0.3 is 0 Å². The molecule has 0 bridgehead atoms. The zero-order valence-electron chi connectivity index (χ0n) is 16.6. The molecule has 1 aliphatic heterocycles. The van der Waals surface area contributed by atoms with Crippen molar-refractivity contribution in [1.29, 1.82) is 0 Å². The van der Waals surface area contributed by atoms with Gasteiger partial charge in [0.1, 0.15) is 6.29 Å². The van der Waals surface area contributed by atoms with Gasteiger partial charge in [0, 0.05) is 24.2 Å². The van der Waals surface area contributed by atoms with E-state index in [0.29, 0.717) is 0 Å². The van der Waals surface area contributed by atoms with Crippen molar-refractivity contribution in [3.05, 3.63) is 83.4 Å². The monoisotopic (exact) mass is 375 g/mol. The van der Waals surface area contributed by atoms with Crippen molar-refractivity contribution < 1.29 is 0 Å². The van der Waals surface area contributed by atoms with Crippen LogP contribution in [0.2, 0.25) is 0 Å². The minimum atomic E-state index is -1.04. The summed E-state index contributed by atoms with van der Waals surface area (Å²) in [5, 5.41) is 0. The Labute approximate surface area is 163 Å².